The summed E-state index contributed by atoms with van der Waals surface area (Å²) in [5.41, 5.74) is 4.24. The van der Waals surface area contributed by atoms with Gasteiger partial charge in [0.2, 0.25) is 11.8 Å². The van der Waals surface area contributed by atoms with Crippen molar-refractivity contribution in [1.29, 1.82) is 0 Å². The van der Waals surface area contributed by atoms with Crippen molar-refractivity contribution >= 4 is 28.6 Å². The van der Waals surface area contributed by atoms with Gasteiger partial charge in [0.25, 0.3) is 0 Å². The number of methoxy groups -OCH3 is 1. The van der Waals surface area contributed by atoms with Gasteiger partial charge in [0.15, 0.2) is 6.73 Å². The summed E-state index contributed by atoms with van der Waals surface area (Å²) in [6.07, 6.45) is 6.58. The number of carbonyl (C=O) groups is 2. The summed E-state index contributed by atoms with van der Waals surface area (Å²) in [6.45, 7) is 8.97. The van der Waals surface area contributed by atoms with Crippen LogP contribution in [0.5, 0.6) is 5.88 Å². The maximum Gasteiger partial charge on any atom is 0.312 e. The van der Waals surface area contributed by atoms with E-state index in [0.29, 0.717) is 17.2 Å². The van der Waals surface area contributed by atoms with Crippen LogP contribution < -0.4 is 10.1 Å². The number of rotatable bonds is 7. The van der Waals surface area contributed by atoms with Crippen molar-refractivity contribution in [2.45, 2.75) is 27.5 Å². The number of nitrogens with zero attached hydrogens (tertiary/aromatic N) is 3. The fourth-order valence-corrected chi connectivity index (χ4v) is 3.66. The molecule has 8 nitrogen and oxygen atoms in total. The lowest BCUT2D eigenvalue weighted by molar-refractivity contribution is -0.156. The number of fused-ring (bicyclic) bond motifs is 1. The van der Waals surface area contributed by atoms with Crippen molar-refractivity contribution in [1.82, 2.24) is 14.5 Å². The van der Waals surface area contributed by atoms with Gasteiger partial charge in [-0.2, -0.15) is 0 Å². The molecule has 3 heterocycles. The number of nitrogens with one attached hydrogen (secondary N) is 1. The van der Waals surface area contributed by atoms with Crippen molar-refractivity contribution in [3.05, 3.63) is 73.7 Å². The van der Waals surface area contributed by atoms with Gasteiger partial charge in [0.05, 0.1) is 12.5 Å². The molecule has 36 heavy (non-hydrogen) atoms. The number of esters is 1. The number of amides is 1. The van der Waals surface area contributed by atoms with Gasteiger partial charge in [-0.25, -0.2) is 9.97 Å². The molecule has 0 unspecified atom stereocenters. The van der Waals surface area contributed by atoms with Crippen molar-refractivity contribution in [3.63, 3.8) is 0 Å². The van der Waals surface area contributed by atoms with Gasteiger partial charge in [-0.15, -0.1) is 0 Å². The Labute approximate surface area is 209 Å². The van der Waals surface area contributed by atoms with E-state index in [4.69, 9.17) is 14.5 Å². The summed E-state index contributed by atoms with van der Waals surface area (Å²) in [6, 6.07) is 13.3. The van der Waals surface area contributed by atoms with Crippen LogP contribution in [0.1, 0.15) is 20.8 Å². The summed E-state index contributed by atoms with van der Waals surface area (Å²) in [5.74, 6) is -0.0923. The number of benzene rings is 1. The third kappa shape index (κ3) is 5.27. The van der Waals surface area contributed by atoms with E-state index < -0.39 is 5.41 Å². The number of anilines is 1. The van der Waals surface area contributed by atoms with E-state index in [1.165, 1.54) is 6.08 Å². The van der Waals surface area contributed by atoms with E-state index in [1.807, 2.05) is 74.0 Å². The molecule has 0 saturated heterocycles. The minimum Gasteiger partial charge on any atom is -0.481 e. The van der Waals surface area contributed by atoms with Crippen LogP contribution in [0.2, 0.25) is 0 Å². The van der Waals surface area contributed by atoms with Gasteiger partial charge < -0.3 is 14.8 Å². The molecule has 0 aliphatic carbocycles. The predicted molar refractivity (Wildman–Crippen MR) is 139 cm³/mol. The van der Waals surface area contributed by atoms with Crippen LogP contribution in [-0.2, 0) is 21.1 Å². The molecule has 0 saturated carbocycles. The average molecular weight is 485 g/mol. The van der Waals surface area contributed by atoms with Gasteiger partial charge >= 0.3 is 5.97 Å². The van der Waals surface area contributed by atoms with Gasteiger partial charge in [0, 0.05) is 46.9 Å². The largest absolute Gasteiger partial charge is 0.481 e. The molecule has 3 aromatic heterocycles. The Morgan fingerprint density at radius 1 is 1.08 bits per heavy atom. The van der Waals surface area contributed by atoms with E-state index >= 15 is 0 Å². The molecule has 0 atom stereocenters. The molecule has 1 N–H and O–H groups in total. The Morgan fingerprint density at radius 2 is 1.89 bits per heavy atom. The molecule has 1 amide bonds. The molecule has 0 fully saturated rings. The number of pyridine rings is 2. The summed E-state index contributed by atoms with van der Waals surface area (Å²) in [4.78, 5) is 33.0. The lowest BCUT2D eigenvalue weighted by Crippen LogP contribution is -2.23. The second-order valence-electron chi connectivity index (χ2n) is 9.28. The highest BCUT2D eigenvalue weighted by molar-refractivity contribution is 6.00. The number of hydrogen-bond acceptors (Lipinski definition) is 6. The summed E-state index contributed by atoms with van der Waals surface area (Å²) in [7, 11) is 1.57. The molecule has 0 bridgehead atoms. The van der Waals surface area contributed by atoms with Crippen molar-refractivity contribution in [2.24, 2.45) is 5.41 Å². The molecule has 0 aliphatic heterocycles. The Morgan fingerprint density at radius 3 is 2.61 bits per heavy atom. The quantitative estimate of drug-likeness (QED) is 0.277. The number of ether oxygens (including phenoxy) is 2. The Balaban J connectivity index is 1.80. The van der Waals surface area contributed by atoms with Crippen molar-refractivity contribution < 1.29 is 19.1 Å². The highest BCUT2D eigenvalue weighted by Crippen LogP contribution is 2.34. The molecular weight excluding hydrogens is 456 g/mol. The smallest absolute Gasteiger partial charge is 0.312 e. The monoisotopic (exact) mass is 484 g/mol. The fraction of sp³-hybridized carbons (Fsp3) is 0.214. The minimum atomic E-state index is -0.614. The van der Waals surface area contributed by atoms with Crippen LogP contribution in [0.4, 0.5) is 5.69 Å². The summed E-state index contributed by atoms with van der Waals surface area (Å²) >= 11 is 0. The molecular formula is C28H28N4O4. The lowest BCUT2D eigenvalue weighted by Gasteiger charge is -2.17. The first-order valence-electron chi connectivity index (χ1n) is 11.4. The van der Waals surface area contributed by atoms with E-state index in [-0.39, 0.29) is 18.6 Å². The third-order valence-corrected chi connectivity index (χ3v) is 5.56. The van der Waals surface area contributed by atoms with Gasteiger partial charge in [-0.05, 0) is 62.2 Å². The summed E-state index contributed by atoms with van der Waals surface area (Å²) < 4.78 is 12.7. The Kier molecular flexibility index (Phi) is 6.87. The molecule has 0 radical (unpaired) electrons. The second kappa shape index (κ2) is 10.0. The first-order chi connectivity index (χ1) is 17.2. The predicted octanol–water partition coefficient (Wildman–Crippen LogP) is 5.45. The molecule has 4 rings (SSSR count). The van der Waals surface area contributed by atoms with Crippen LogP contribution in [0.25, 0.3) is 33.3 Å². The second-order valence-corrected chi connectivity index (χ2v) is 9.28. The molecule has 1 aromatic carbocycles. The zero-order valence-corrected chi connectivity index (χ0v) is 20.7. The van der Waals surface area contributed by atoms with Crippen LogP contribution in [0.15, 0.2) is 73.7 Å². The standard InChI is InChI=1S/C28H28N4O4/c1-6-24(33)31-21-9-7-8-18(12-21)20-13-22-23(19-10-11-29-25(14-19)35-5)16-32(26(22)30-15-20)17-36-27(34)28(2,3)4/h6-16H,1,17H2,2-5H3,(H,31,33). The molecule has 0 spiro atoms. The van der Waals surface area contributed by atoms with Gasteiger partial charge in [0.1, 0.15) is 5.65 Å². The van der Waals surface area contributed by atoms with E-state index in [2.05, 4.69) is 16.9 Å². The Bertz CT molecular complexity index is 1450. The van der Waals surface area contributed by atoms with Crippen LogP contribution in [0, 0.1) is 5.41 Å². The minimum absolute atomic E-state index is 0.0320. The average Bonchev–Trinajstić information content (AvgIpc) is 3.24. The lowest BCUT2D eigenvalue weighted by atomic mass is 9.98. The van der Waals surface area contributed by atoms with Crippen LogP contribution >= 0.6 is 0 Å². The topological polar surface area (TPSA) is 95.3 Å². The number of aromatic nitrogens is 3. The van der Waals surface area contributed by atoms with Crippen LogP contribution in [-0.4, -0.2) is 33.5 Å². The van der Waals surface area contributed by atoms with Gasteiger partial charge in [-0.3, -0.25) is 14.2 Å². The zero-order chi connectivity index (χ0) is 25.9. The highest BCUT2D eigenvalue weighted by atomic mass is 16.5. The van der Waals surface area contributed by atoms with Crippen molar-refractivity contribution in [2.75, 3.05) is 12.4 Å². The SMILES string of the molecule is C=CC(=O)Nc1cccc(-c2cnc3c(c2)c(-c2ccnc(OC)c2)cn3COC(=O)C(C)(C)C)c1. The molecule has 8 heteroatoms. The molecule has 4 aromatic rings. The Hall–Kier alpha value is -4.46. The highest BCUT2D eigenvalue weighted by Gasteiger charge is 2.23. The first-order valence-corrected chi connectivity index (χ1v) is 11.4. The van der Waals surface area contributed by atoms with E-state index in [9.17, 15) is 9.59 Å². The van der Waals surface area contributed by atoms with E-state index in [0.717, 1.165) is 27.6 Å². The zero-order valence-electron chi connectivity index (χ0n) is 20.7. The molecule has 0 aliphatic rings. The van der Waals surface area contributed by atoms with Crippen molar-refractivity contribution in [3.8, 4) is 28.1 Å². The van der Waals surface area contributed by atoms with Crippen LogP contribution in [0.3, 0.4) is 0 Å². The van der Waals surface area contributed by atoms with E-state index in [1.54, 1.807) is 19.5 Å². The van der Waals surface area contributed by atoms with Gasteiger partial charge in [-0.1, -0.05) is 18.7 Å². The number of carbonyl (C=O) groups excluding carboxylic acids is 2. The molecule has 184 valence electrons. The maximum absolute atomic E-state index is 12.4. The maximum atomic E-state index is 12.4. The number of hydrogen-bond donors (Lipinski definition) is 1. The first kappa shape index (κ1) is 24.7. The third-order valence-electron chi connectivity index (χ3n) is 5.56. The fourth-order valence-electron chi connectivity index (χ4n) is 3.66. The summed E-state index contributed by atoms with van der Waals surface area (Å²) in [5, 5.41) is 3.65. The normalized spacial score (nSPS) is 11.2.